The second-order valence-corrected chi connectivity index (χ2v) is 4.11. The highest BCUT2D eigenvalue weighted by Gasteiger charge is 2.21. The first-order valence-electron chi connectivity index (χ1n) is 5.63. The lowest BCUT2D eigenvalue weighted by atomic mass is 10.1. The summed E-state index contributed by atoms with van der Waals surface area (Å²) in [6.07, 6.45) is 0. The van der Waals surface area contributed by atoms with Crippen LogP contribution in [0.5, 0.6) is 0 Å². The maximum Gasteiger partial charge on any atom is 0.304 e. The fourth-order valence-corrected chi connectivity index (χ4v) is 1.70. The van der Waals surface area contributed by atoms with Gasteiger partial charge in [-0.15, -0.1) is 0 Å². The Morgan fingerprint density at radius 1 is 1.50 bits per heavy atom. The molecule has 0 atom stereocenters. The molecule has 1 aromatic carbocycles. The molecule has 0 radical (unpaired) electrons. The van der Waals surface area contributed by atoms with E-state index in [0.29, 0.717) is 6.54 Å². The molecule has 0 saturated heterocycles. The van der Waals surface area contributed by atoms with E-state index in [9.17, 15) is 19.3 Å². The molecule has 0 unspecified atom stereocenters. The Morgan fingerprint density at radius 3 is 2.50 bits per heavy atom. The summed E-state index contributed by atoms with van der Waals surface area (Å²) in [7, 11) is 0. The molecule has 0 aliphatic heterocycles. The first kappa shape index (κ1) is 14.1. The summed E-state index contributed by atoms with van der Waals surface area (Å²) in [5, 5.41) is 10.5. The van der Waals surface area contributed by atoms with E-state index in [1.54, 1.807) is 4.90 Å². The van der Waals surface area contributed by atoms with Gasteiger partial charge in [-0.1, -0.05) is 0 Å². The molecule has 5 nitrogen and oxygen atoms in total. The van der Waals surface area contributed by atoms with E-state index in [2.05, 4.69) is 0 Å². The number of carbonyl (C=O) groups is 1. The zero-order valence-corrected chi connectivity index (χ0v) is 10.5. The van der Waals surface area contributed by atoms with Gasteiger partial charge in [0.05, 0.1) is 4.92 Å². The number of hydrogen-bond acceptors (Lipinski definition) is 3. The van der Waals surface area contributed by atoms with Crippen molar-refractivity contribution < 1.29 is 14.1 Å². The molecule has 0 bridgehead atoms. The minimum absolute atomic E-state index is 0.0132. The van der Waals surface area contributed by atoms with Crippen molar-refractivity contribution >= 4 is 11.6 Å². The van der Waals surface area contributed by atoms with Crippen LogP contribution in [0.1, 0.15) is 31.1 Å². The van der Waals surface area contributed by atoms with Gasteiger partial charge in [0.15, 0.2) is 0 Å². The number of nitrogens with zero attached hydrogens (tertiary/aromatic N) is 2. The van der Waals surface area contributed by atoms with Crippen LogP contribution >= 0.6 is 0 Å². The molecule has 18 heavy (non-hydrogen) atoms. The molecular weight excluding hydrogens is 239 g/mol. The second kappa shape index (κ2) is 5.57. The molecule has 0 heterocycles. The Balaban J connectivity index is 3.08. The Bertz CT molecular complexity index is 474. The first-order chi connectivity index (χ1) is 8.38. The van der Waals surface area contributed by atoms with Gasteiger partial charge in [0.25, 0.3) is 5.91 Å². The molecule has 0 saturated carbocycles. The zero-order valence-electron chi connectivity index (χ0n) is 10.5. The molecule has 1 aromatic rings. The monoisotopic (exact) mass is 254 g/mol. The molecule has 0 N–H and O–H groups in total. The Hall–Kier alpha value is -1.98. The molecule has 1 amide bonds. The summed E-state index contributed by atoms with van der Waals surface area (Å²) < 4.78 is 13.4. The van der Waals surface area contributed by atoms with Gasteiger partial charge in [-0.2, -0.15) is 4.39 Å². The van der Waals surface area contributed by atoms with Crippen LogP contribution in [-0.4, -0.2) is 28.3 Å². The molecule has 0 spiro atoms. The van der Waals surface area contributed by atoms with Gasteiger partial charge in [0.1, 0.15) is 0 Å². The molecule has 0 aliphatic rings. The Labute approximate surface area is 104 Å². The summed E-state index contributed by atoms with van der Waals surface area (Å²) in [6.45, 7) is 6.01. The van der Waals surface area contributed by atoms with Crippen molar-refractivity contribution in [2.24, 2.45) is 0 Å². The number of benzene rings is 1. The topological polar surface area (TPSA) is 63.5 Å². The van der Waals surface area contributed by atoms with Gasteiger partial charge in [0.2, 0.25) is 5.82 Å². The quantitative estimate of drug-likeness (QED) is 0.612. The predicted octanol–water partition coefficient (Wildman–Crippen LogP) is 2.60. The Kier molecular flexibility index (Phi) is 4.36. The highest BCUT2D eigenvalue weighted by Crippen LogP contribution is 2.19. The van der Waals surface area contributed by atoms with E-state index >= 15 is 0 Å². The third kappa shape index (κ3) is 2.82. The molecular formula is C12H15FN2O3. The molecule has 0 aromatic heterocycles. The molecule has 1 rings (SSSR count). The van der Waals surface area contributed by atoms with Gasteiger partial charge in [-0.3, -0.25) is 14.9 Å². The first-order valence-corrected chi connectivity index (χ1v) is 5.63. The van der Waals surface area contributed by atoms with Crippen molar-refractivity contribution in [2.75, 3.05) is 6.54 Å². The minimum Gasteiger partial charge on any atom is -0.337 e. The molecule has 0 aliphatic carbocycles. The third-order valence-electron chi connectivity index (χ3n) is 2.62. The van der Waals surface area contributed by atoms with E-state index in [1.165, 1.54) is 6.07 Å². The van der Waals surface area contributed by atoms with E-state index in [4.69, 9.17) is 0 Å². The van der Waals surface area contributed by atoms with Crippen LogP contribution in [-0.2, 0) is 0 Å². The van der Waals surface area contributed by atoms with Crippen molar-refractivity contribution in [3.8, 4) is 0 Å². The largest absolute Gasteiger partial charge is 0.337 e. The van der Waals surface area contributed by atoms with Crippen LogP contribution in [0, 0.1) is 15.9 Å². The SMILES string of the molecule is CCN(C(=O)c1ccc([N+](=O)[O-])c(F)c1)C(C)C. The van der Waals surface area contributed by atoms with Crippen molar-refractivity contribution in [2.45, 2.75) is 26.8 Å². The number of nitro benzene ring substituents is 1. The van der Waals surface area contributed by atoms with Crippen LogP contribution in [0.25, 0.3) is 0 Å². The fraction of sp³-hybridized carbons (Fsp3) is 0.417. The van der Waals surface area contributed by atoms with Crippen LogP contribution in [0.2, 0.25) is 0 Å². The zero-order chi connectivity index (χ0) is 13.9. The molecule has 0 fully saturated rings. The number of nitro groups is 1. The second-order valence-electron chi connectivity index (χ2n) is 4.11. The average Bonchev–Trinajstić information content (AvgIpc) is 2.28. The van der Waals surface area contributed by atoms with Crippen molar-refractivity contribution in [3.05, 3.63) is 39.7 Å². The number of hydrogen-bond donors (Lipinski definition) is 0. The van der Waals surface area contributed by atoms with Crippen LogP contribution < -0.4 is 0 Å². The average molecular weight is 254 g/mol. The van der Waals surface area contributed by atoms with E-state index < -0.39 is 16.4 Å². The maximum atomic E-state index is 13.4. The van der Waals surface area contributed by atoms with Crippen LogP contribution in [0.4, 0.5) is 10.1 Å². The lowest BCUT2D eigenvalue weighted by Gasteiger charge is -2.25. The lowest BCUT2D eigenvalue weighted by Crippen LogP contribution is -2.36. The predicted molar refractivity (Wildman–Crippen MR) is 64.9 cm³/mol. The van der Waals surface area contributed by atoms with Crippen LogP contribution in [0.3, 0.4) is 0 Å². The highest BCUT2D eigenvalue weighted by atomic mass is 19.1. The van der Waals surface area contributed by atoms with E-state index in [0.717, 1.165) is 12.1 Å². The molecule has 6 heteroatoms. The maximum absolute atomic E-state index is 13.4. The van der Waals surface area contributed by atoms with E-state index in [1.807, 2.05) is 20.8 Å². The minimum atomic E-state index is -0.995. The van der Waals surface area contributed by atoms with Crippen molar-refractivity contribution in [3.63, 3.8) is 0 Å². The highest BCUT2D eigenvalue weighted by molar-refractivity contribution is 5.94. The van der Waals surface area contributed by atoms with Gasteiger partial charge < -0.3 is 4.90 Å². The smallest absolute Gasteiger partial charge is 0.304 e. The summed E-state index contributed by atoms with van der Waals surface area (Å²) in [5.74, 6) is -1.33. The third-order valence-corrected chi connectivity index (χ3v) is 2.62. The van der Waals surface area contributed by atoms with Crippen LogP contribution in [0.15, 0.2) is 18.2 Å². The number of carbonyl (C=O) groups excluding carboxylic acids is 1. The summed E-state index contributed by atoms with van der Waals surface area (Å²) in [4.78, 5) is 23.3. The van der Waals surface area contributed by atoms with Gasteiger partial charge >= 0.3 is 5.69 Å². The normalized spacial score (nSPS) is 10.5. The van der Waals surface area contributed by atoms with Gasteiger partial charge in [-0.25, -0.2) is 0 Å². The summed E-state index contributed by atoms with van der Waals surface area (Å²) >= 11 is 0. The van der Waals surface area contributed by atoms with E-state index in [-0.39, 0.29) is 17.5 Å². The van der Waals surface area contributed by atoms with Gasteiger partial charge in [-0.05, 0) is 32.9 Å². The van der Waals surface area contributed by atoms with Crippen molar-refractivity contribution in [1.29, 1.82) is 0 Å². The van der Waals surface area contributed by atoms with Gasteiger partial charge in [0, 0.05) is 24.2 Å². The number of rotatable bonds is 4. The Morgan fingerprint density at radius 2 is 2.11 bits per heavy atom. The standard InChI is InChI=1S/C12H15FN2O3/c1-4-14(8(2)3)12(16)9-5-6-11(15(17)18)10(13)7-9/h5-8H,4H2,1-3H3. The van der Waals surface area contributed by atoms with Crippen molar-refractivity contribution in [1.82, 2.24) is 4.90 Å². The fourth-order valence-electron chi connectivity index (χ4n) is 1.70. The summed E-state index contributed by atoms with van der Waals surface area (Å²) in [5.41, 5.74) is -0.507. The summed E-state index contributed by atoms with van der Waals surface area (Å²) in [6, 6.07) is 3.18. The lowest BCUT2D eigenvalue weighted by molar-refractivity contribution is -0.387. The number of amides is 1. The number of halogens is 1. The molecule has 98 valence electrons.